The molecular weight excluding hydrogens is 294 g/mol. The molecule has 0 unspecified atom stereocenters. The molecule has 1 amide bonds. The van der Waals surface area contributed by atoms with E-state index in [1.807, 2.05) is 48.4 Å². The molecule has 22 heavy (non-hydrogen) atoms. The highest BCUT2D eigenvalue weighted by atomic mass is 32.2. The van der Waals surface area contributed by atoms with Crippen LogP contribution in [0.15, 0.2) is 53.9 Å². The molecule has 0 radical (unpaired) electrons. The van der Waals surface area contributed by atoms with E-state index in [0.29, 0.717) is 12.6 Å². The Labute approximate surface area is 135 Å². The highest BCUT2D eigenvalue weighted by Gasteiger charge is 2.34. The van der Waals surface area contributed by atoms with Crippen LogP contribution in [-0.2, 0) is 11.3 Å². The molecule has 3 rings (SSSR count). The Kier molecular flexibility index (Phi) is 4.73. The number of rotatable bonds is 6. The third-order valence-corrected chi connectivity index (χ3v) is 4.67. The summed E-state index contributed by atoms with van der Waals surface area (Å²) in [7, 11) is 0. The van der Waals surface area contributed by atoms with Gasteiger partial charge in [-0.2, -0.15) is 0 Å². The zero-order valence-corrected chi connectivity index (χ0v) is 13.4. The summed E-state index contributed by atoms with van der Waals surface area (Å²) in [6, 6.07) is 10.1. The SMILES string of the molecule is C[C@H](Sc1ccccn1)C(=O)N(Cc1cccnc1)C1CC1. The van der Waals surface area contributed by atoms with Gasteiger partial charge in [-0.25, -0.2) is 4.98 Å². The van der Waals surface area contributed by atoms with E-state index in [-0.39, 0.29) is 11.2 Å². The molecule has 2 aromatic heterocycles. The maximum absolute atomic E-state index is 12.8. The van der Waals surface area contributed by atoms with Crippen molar-refractivity contribution in [3.8, 4) is 0 Å². The van der Waals surface area contributed by atoms with E-state index in [0.717, 1.165) is 23.4 Å². The Morgan fingerprint density at radius 1 is 1.32 bits per heavy atom. The minimum Gasteiger partial charge on any atom is -0.334 e. The van der Waals surface area contributed by atoms with E-state index in [1.54, 1.807) is 12.4 Å². The van der Waals surface area contributed by atoms with Crippen molar-refractivity contribution >= 4 is 17.7 Å². The summed E-state index contributed by atoms with van der Waals surface area (Å²) in [5, 5.41) is 0.757. The monoisotopic (exact) mass is 313 g/mol. The normalized spacial score (nSPS) is 15.3. The maximum Gasteiger partial charge on any atom is 0.236 e. The summed E-state index contributed by atoms with van der Waals surface area (Å²) in [5.74, 6) is 0.182. The highest BCUT2D eigenvalue weighted by Crippen LogP contribution is 2.31. The van der Waals surface area contributed by atoms with Gasteiger partial charge < -0.3 is 4.90 Å². The first-order valence-electron chi connectivity index (χ1n) is 7.51. The molecule has 0 spiro atoms. The van der Waals surface area contributed by atoms with E-state index in [2.05, 4.69) is 9.97 Å². The molecule has 0 aliphatic heterocycles. The van der Waals surface area contributed by atoms with Gasteiger partial charge in [0.15, 0.2) is 0 Å². The number of hydrogen-bond donors (Lipinski definition) is 0. The summed E-state index contributed by atoms with van der Waals surface area (Å²) in [6.07, 6.45) is 7.55. The van der Waals surface area contributed by atoms with Crippen molar-refractivity contribution in [2.24, 2.45) is 0 Å². The average molecular weight is 313 g/mol. The summed E-state index contributed by atoms with van der Waals surface area (Å²) in [4.78, 5) is 23.2. The third kappa shape index (κ3) is 3.85. The van der Waals surface area contributed by atoms with Crippen molar-refractivity contribution in [3.05, 3.63) is 54.5 Å². The van der Waals surface area contributed by atoms with Crippen LogP contribution >= 0.6 is 11.8 Å². The fourth-order valence-corrected chi connectivity index (χ4v) is 3.22. The minimum absolute atomic E-state index is 0.132. The fourth-order valence-electron chi connectivity index (χ4n) is 2.34. The van der Waals surface area contributed by atoms with Crippen LogP contribution in [0.1, 0.15) is 25.3 Å². The van der Waals surface area contributed by atoms with E-state index >= 15 is 0 Å². The number of carbonyl (C=O) groups is 1. The van der Waals surface area contributed by atoms with E-state index in [1.165, 1.54) is 11.8 Å². The van der Waals surface area contributed by atoms with Crippen LogP contribution < -0.4 is 0 Å². The predicted octanol–water partition coefficient (Wildman–Crippen LogP) is 3.15. The number of nitrogens with zero attached hydrogens (tertiary/aromatic N) is 3. The molecule has 0 N–H and O–H groups in total. The first-order valence-corrected chi connectivity index (χ1v) is 8.39. The lowest BCUT2D eigenvalue weighted by Gasteiger charge is -2.25. The van der Waals surface area contributed by atoms with E-state index in [4.69, 9.17) is 0 Å². The van der Waals surface area contributed by atoms with Gasteiger partial charge in [0.1, 0.15) is 0 Å². The van der Waals surface area contributed by atoms with Crippen molar-refractivity contribution in [3.63, 3.8) is 0 Å². The smallest absolute Gasteiger partial charge is 0.236 e. The van der Waals surface area contributed by atoms with Gasteiger partial charge in [0.05, 0.1) is 10.3 Å². The number of aromatic nitrogens is 2. The Balaban J connectivity index is 1.67. The van der Waals surface area contributed by atoms with Crippen molar-refractivity contribution in [2.45, 2.75) is 42.6 Å². The first-order chi connectivity index (χ1) is 10.7. The number of thioether (sulfide) groups is 1. The first kappa shape index (κ1) is 15.0. The molecule has 0 bridgehead atoms. The Morgan fingerprint density at radius 2 is 2.18 bits per heavy atom. The second-order valence-electron chi connectivity index (χ2n) is 5.49. The molecule has 1 aliphatic carbocycles. The second-order valence-corrected chi connectivity index (χ2v) is 6.85. The molecular formula is C17H19N3OS. The topological polar surface area (TPSA) is 46.1 Å². The number of pyridine rings is 2. The van der Waals surface area contributed by atoms with Crippen molar-refractivity contribution < 1.29 is 4.79 Å². The van der Waals surface area contributed by atoms with Crippen LogP contribution in [0.3, 0.4) is 0 Å². The zero-order valence-electron chi connectivity index (χ0n) is 12.6. The molecule has 0 aromatic carbocycles. The van der Waals surface area contributed by atoms with Gasteiger partial charge in [-0.15, -0.1) is 0 Å². The summed E-state index contributed by atoms with van der Waals surface area (Å²) >= 11 is 1.52. The summed E-state index contributed by atoms with van der Waals surface area (Å²) in [5.41, 5.74) is 1.08. The molecule has 0 saturated heterocycles. The largest absolute Gasteiger partial charge is 0.334 e. The molecule has 1 atom stereocenters. The van der Waals surface area contributed by atoms with Crippen LogP contribution in [-0.4, -0.2) is 32.1 Å². The lowest BCUT2D eigenvalue weighted by atomic mass is 10.2. The molecule has 2 heterocycles. The molecule has 2 aromatic rings. The molecule has 1 fully saturated rings. The van der Waals surface area contributed by atoms with Gasteiger partial charge in [-0.1, -0.05) is 23.9 Å². The van der Waals surface area contributed by atoms with E-state index in [9.17, 15) is 4.79 Å². The molecule has 114 valence electrons. The van der Waals surface area contributed by atoms with Gasteiger partial charge in [0.25, 0.3) is 0 Å². The number of carbonyl (C=O) groups excluding carboxylic acids is 1. The lowest BCUT2D eigenvalue weighted by molar-refractivity contribution is -0.131. The maximum atomic E-state index is 12.8. The Bertz CT molecular complexity index is 616. The van der Waals surface area contributed by atoms with Crippen molar-refractivity contribution in [2.75, 3.05) is 0 Å². The van der Waals surface area contributed by atoms with Crippen LogP contribution in [0.5, 0.6) is 0 Å². The lowest BCUT2D eigenvalue weighted by Crippen LogP contribution is -2.37. The van der Waals surface area contributed by atoms with Gasteiger partial charge >= 0.3 is 0 Å². The number of amides is 1. The Hall–Kier alpha value is -1.88. The molecule has 1 aliphatic rings. The molecule has 1 saturated carbocycles. The third-order valence-electron chi connectivity index (χ3n) is 3.63. The van der Waals surface area contributed by atoms with Crippen LogP contribution in [0.4, 0.5) is 0 Å². The van der Waals surface area contributed by atoms with E-state index < -0.39 is 0 Å². The summed E-state index contributed by atoms with van der Waals surface area (Å²) in [6.45, 7) is 2.60. The van der Waals surface area contributed by atoms with Crippen molar-refractivity contribution in [1.82, 2.24) is 14.9 Å². The molecule has 4 nitrogen and oxygen atoms in total. The van der Waals surface area contributed by atoms with Gasteiger partial charge in [0, 0.05) is 31.2 Å². The van der Waals surface area contributed by atoms with Gasteiger partial charge in [0.2, 0.25) is 5.91 Å². The van der Waals surface area contributed by atoms with Crippen LogP contribution in [0.2, 0.25) is 0 Å². The summed E-state index contributed by atoms with van der Waals surface area (Å²) < 4.78 is 0. The van der Waals surface area contributed by atoms with Crippen LogP contribution in [0, 0.1) is 0 Å². The predicted molar refractivity (Wildman–Crippen MR) is 87.4 cm³/mol. The number of hydrogen-bond acceptors (Lipinski definition) is 4. The second kappa shape index (κ2) is 6.92. The molecule has 5 heteroatoms. The average Bonchev–Trinajstić information content (AvgIpc) is 3.39. The Morgan fingerprint density at radius 3 is 2.82 bits per heavy atom. The standard InChI is InChI=1S/C17H19N3OS/c1-13(22-16-6-2-3-10-19-16)17(21)20(15-7-8-15)12-14-5-4-9-18-11-14/h2-6,9-11,13,15H,7-8,12H2,1H3/t13-/m0/s1. The van der Waals surface area contributed by atoms with Gasteiger partial charge in [-0.3, -0.25) is 9.78 Å². The van der Waals surface area contributed by atoms with Gasteiger partial charge in [-0.05, 0) is 43.5 Å². The minimum atomic E-state index is -0.132. The highest BCUT2D eigenvalue weighted by molar-refractivity contribution is 8.00. The quantitative estimate of drug-likeness (QED) is 0.769. The zero-order chi connectivity index (χ0) is 15.4. The van der Waals surface area contributed by atoms with Crippen molar-refractivity contribution in [1.29, 1.82) is 0 Å². The fraction of sp³-hybridized carbons (Fsp3) is 0.353. The van der Waals surface area contributed by atoms with Crippen LogP contribution in [0.25, 0.3) is 0 Å².